The molecule has 2 N–H and O–H groups in total. The van der Waals surface area contributed by atoms with Crippen LogP contribution in [0.1, 0.15) is 48.0 Å². The van der Waals surface area contributed by atoms with Gasteiger partial charge in [-0.15, -0.1) is 0 Å². The van der Waals surface area contributed by atoms with Gasteiger partial charge >= 0.3 is 0 Å². The molecule has 1 aromatic carbocycles. The van der Waals surface area contributed by atoms with E-state index < -0.39 is 0 Å². The molecule has 1 aliphatic carbocycles. The lowest BCUT2D eigenvalue weighted by Gasteiger charge is -2.46. The van der Waals surface area contributed by atoms with Crippen molar-refractivity contribution in [2.24, 2.45) is 5.41 Å². The lowest BCUT2D eigenvalue weighted by Crippen LogP contribution is -2.55. The van der Waals surface area contributed by atoms with Crippen LogP contribution >= 0.6 is 0 Å². The van der Waals surface area contributed by atoms with Gasteiger partial charge in [-0.2, -0.15) is 0 Å². The molecule has 6 nitrogen and oxygen atoms in total. The van der Waals surface area contributed by atoms with Crippen molar-refractivity contribution < 1.29 is 9.59 Å². The Bertz CT molecular complexity index is 924. The molecular weight excluding hydrogens is 354 g/mol. The van der Waals surface area contributed by atoms with E-state index in [4.69, 9.17) is 0 Å². The summed E-state index contributed by atoms with van der Waals surface area (Å²) in [4.78, 5) is 41.2. The first-order valence-electron chi connectivity index (χ1n) is 9.88. The van der Waals surface area contributed by atoms with Crippen LogP contribution in [0.2, 0.25) is 0 Å². The molecule has 6 heteroatoms. The summed E-state index contributed by atoms with van der Waals surface area (Å²) in [5, 5.41) is 3.03. The molecule has 2 amide bonds. The lowest BCUT2D eigenvalue weighted by molar-refractivity contribution is -0.142. The van der Waals surface area contributed by atoms with Gasteiger partial charge in [-0.3, -0.25) is 14.4 Å². The quantitative estimate of drug-likeness (QED) is 0.837. The molecule has 0 spiro atoms. The number of nitrogens with zero attached hydrogens (tertiary/aromatic N) is 1. The van der Waals surface area contributed by atoms with E-state index in [1.54, 1.807) is 6.07 Å². The summed E-state index contributed by atoms with van der Waals surface area (Å²) in [6.07, 6.45) is 5.84. The predicted octanol–water partition coefficient (Wildman–Crippen LogP) is 2.47. The van der Waals surface area contributed by atoms with Crippen LogP contribution < -0.4 is 10.9 Å². The Morgan fingerprint density at radius 3 is 2.79 bits per heavy atom. The lowest BCUT2D eigenvalue weighted by atomic mass is 9.74. The Labute approximate surface area is 164 Å². The van der Waals surface area contributed by atoms with Crippen LogP contribution in [-0.4, -0.2) is 34.3 Å². The molecule has 2 aliphatic rings. The highest BCUT2D eigenvalue weighted by molar-refractivity contribution is 5.94. The molecule has 1 aromatic heterocycles. The molecule has 2 atom stereocenters. The molecule has 2 fully saturated rings. The fraction of sp³-hybridized carbons (Fsp3) is 0.409. The summed E-state index contributed by atoms with van der Waals surface area (Å²) < 4.78 is 0. The van der Waals surface area contributed by atoms with E-state index in [0.29, 0.717) is 25.1 Å². The highest BCUT2D eigenvalue weighted by Crippen LogP contribution is 2.48. The first kappa shape index (κ1) is 18.5. The summed E-state index contributed by atoms with van der Waals surface area (Å²) >= 11 is 0. The number of piperidine rings is 1. The van der Waals surface area contributed by atoms with E-state index in [2.05, 4.69) is 10.3 Å². The number of hydrogen-bond donors (Lipinski definition) is 2. The van der Waals surface area contributed by atoms with E-state index in [0.717, 1.165) is 31.2 Å². The first-order chi connectivity index (χ1) is 13.6. The predicted molar refractivity (Wildman–Crippen MR) is 106 cm³/mol. The number of hydrogen-bond acceptors (Lipinski definition) is 3. The Kier molecular flexibility index (Phi) is 5.03. The van der Waals surface area contributed by atoms with Gasteiger partial charge in [-0.1, -0.05) is 36.8 Å². The van der Waals surface area contributed by atoms with Crippen molar-refractivity contribution in [3.8, 4) is 0 Å². The minimum Gasteiger partial charge on any atom is -0.351 e. The maximum atomic E-state index is 12.7. The smallest absolute Gasteiger partial charge is 0.251 e. The van der Waals surface area contributed by atoms with Crippen molar-refractivity contribution in [2.75, 3.05) is 6.54 Å². The van der Waals surface area contributed by atoms with E-state index in [9.17, 15) is 14.4 Å². The van der Waals surface area contributed by atoms with Crippen molar-refractivity contribution in [3.63, 3.8) is 0 Å². The molecule has 1 aliphatic heterocycles. The maximum absolute atomic E-state index is 12.7. The van der Waals surface area contributed by atoms with E-state index in [-0.39, 0.29) is 28.8 Å². The Morgan fingerprint density at radius 2 is 2.00 bits per heavy atom. The SMILES string of the molecule is O=C(NC[C@@]12CCC[C@H]1N(Cc1ccccc1)C(=O)CC2)c1cc[nH]c(=O)c1. The number of H-pyrrole nitrogens is 1. The molecule has 2 heterocycles. The highest BCUT2D eigenvalue weighted by Gasteiger charge is 2.50. The number of nitrogens with one attached hydrogen (secondary N) is 2. The summed E-state index contributed by atoms with van der Waals surface area (Å²) in [7, 11) is 0. The number of pyridine rings is 1. The fourth-order valence-corrected chi connectivity index (χ4v) is 4.79. The summed E-state index contributed by atoms with van der Waals surface area (Å²) in [5.74, 6) is -0.0371. The molecule has 146 valence electrons. The van der Waals surface area contributed by atoms with Crippen LogP contribution in [0.25, 0.3) is 0 Å². The molecular formula is C22H25N3O3. The normalized spacial score (nSPS) is 24.1. The molecule has 1 saturated heterocycles. The molecule has 1 saturated carbocycles. The maximum Gasteiger partial charge on any atom is 0.251 e. The van der Waals surface area contributed by atoms with Crippen LogP contribution in [0.4, 0.5) is 0 Å². The van der Waals surface area contributed by atoms with Gasteiger partial charge in [-0.05, 0) is 30.9 Å². The summed E-state index contributed by atoms with van der Waals surface area (Å²) in [6, 6.07) is 13.1. The number of rotatable bonds is 5. The van der Waals surface area contributed by atoms with Crippen LogP contribution in [0, 0.1) is 5.41 Å². The highest BCUT2D eigenvalue weighted by atomic mass is 16.2. The van der Waals surface area contributed by atoms with E-state index >= 15 is 0 Å². The molecule has 0 radical (unpaired) electrons. The van der Waals surface area contributed by atoms with Crippen molar-refractivity contribution in [1.29, 1.82) is 0 Å². The van der Waals surface area contributed by atoms with Crippen LogP contribution in [-0.2, 0) is 11.3 Å². The average molecular weight is 379 g/mol. The topological polar surface area (TPSA) is 82.3 Å². The molecule has 2 aromatic rings. The number of benzene rings is 1. The molecule has 28 heavy (non-hydrogen) atoms. The van der Waals surface area contributed by atoms with Gasteiger partial charge in [0.05, 0.1) is 0 Å². The summed E-state index contributed by atoms with van der Waals surface area (Å²) in [6.45, 7) is 1.15. The zero-order chi connectivity index (χ0) is 19.6. The average Bonchev–Trinajstić information content (AvgIpc) is 3.14. The van der Waals surface area contributed by atoms with E-state index in [1.165, 1.54) is 12.3 Å². The third kappa shape index (κ3) is 3.59. The van der Waals surface area contributed by atoms with Crippen molar-refractivity contribution in [3.05, 3.63) is 70.1 Å². The van der Waals surface area contributed by atoms with Gasteiger partial charge in [0.1, 0.15) is 0 Å². The zero-order valence-corrected chi connectivity index (χ0v) is 15.8. The van der Waals surface area contributed by atoms with Crippen molar-refractivity contribution in [1.82, 2.24) is 15.2 Å². The standard InChI is InChI=1S/C22H25N3O3/c26-19-13-17(9-12-23-19)21(28)24-15-22-10-4-7-18(22)25(20(27)8-11-22)14-16-5-2-1-3-6-16/h1-3,5-6,9,12-13,18H,4,7-8,10-11,14-15H2,(H,23,26)(H,24,28)/t18-,22+/m1/s1. The first-order valence-corrected chi connectivity index (χ1v) is 9.88. The molecule has 0 bridgehead atoms. The van der Waals surface area contributed by atoms with Gasteiger partial charge in [0.2, 0.25) is 11.5 Å². The minimum atomic E-state index is -0.290. The Hall–Kier alpha value is -2.89. The fourth-order valence-electron chi connectivity index (χ4n) is 4.79. The van der Waals surface area contributed by atoms with Crippen LogP contribution in [0.5, 0.6) is 0 Å². The Balaban J connectivity index is 1.50. The van der Waals surface area contributed by atoms with Gasteiger partial charge in [-0.25, -0.2) is 0 Å². The second kappa shape index (κ2) is 7.62. The third-order valence-corrected chi connectivity index (χ3v) is 6.23. The van der Waals surface area contributed by atoms with Crippen molar-refractivity contribution >= 4 is 11.8 Å². The van der Waals surface area contributed by atoms with Gasteiger partial charge in [0.15, 0.2) is 0 Å². The number of amides is 2. The zero-order valence-electron chi connectivity index (χ0n) is 15.8. The van der Waals surface area contributed by atoms with Gasteiger partial charge < -0.3 is 15.2 Å². The van der Waals surface area contributed by atoms with Gasteiger partial charge in [0.25, 0.3) is 5.91 Å². The Morgan fingerprint density at radius 1 is 1.18 bits per heavy atom. The number of carbonyl (C=O) groups excluding carboxylic acids is 2. The van der Waals surface area contributed by atoms with Crippen LogP contribution in [0.3, 0.4) is 0 Å². The molecule has 4 rings (SSSR count). The monoisotopic (exact) mass is 379 g/mol. The van der Waals surface area contributed by atoms with E-state index in [1.807, 2.05) is 35.2 Å². The van der Waals surface area contributed by atoms with Gasteiger partial charge in [0, 0.05) is 48.8 Å². The second-order valence-electron chi connectivity index (χ2n) is 7.90. The summed E-state index contributed by atoms with van der Waals surface area (Å²) in [5.41, 5.74) is 1.12. The largest absolute Gasteiger partial charge is 0.351 e. The minimum absolute atomic E-state index is 0.0838. The van der Waals surface area contributed by atoms with Crippen LogP contribution in [0.15, 0.2) is 53.5 Å². The third-order valence-electron chi connectivity index (χ3n) is 6.23. The number of carbonyl (C=O) groups is 2. The second-order valence-corrected chi connectivity index (χ2v) is 7.90. The number of aromatic amines is 1. The van der Waals surface area contributed by atoms with Crippen molar-refractivity contribution in [2.45, 2.75) is 44.7 Å². The number of aromatic nitrogens is 1. The number of fused-ring (bicyclic) bond motifs is 1. The molecule has 0 unspecified atom stereocenters. The number of likely N-dealkylation sites (tertiary alicyclic amines) is 1.